The van der Waals surface area contributed by atoms with E-state index in [-0.39, 0.29) is 0 Å². The van der Waals surface area contributed by atoms with Crippen molar-refractivity contribution in [1.29, 1.82) is 0 Å². The minimum absolute atomic E-state index is 0.539. The molecule has 0 bridgehead atoms. The van der Waals surface area contributed by atoms with Crippen molar-refractivity contribution in [1.82, 2.24) is 9.97 Å². The Hall–Kier alpha value is -7.36. The summed E-state index contributed by atoms with van der Waals surface area (Å²) in [5, 5.41) is 0. The summed E-state index contributed by atoms with van der Waals surface area (Å²) in [5.74, 6) is 2.46. The van der Waals surface area contributed by atoms with Crippen LogP contribution in [0.4, 0.5) is 0 Å². The summed E-state index contributed by atoms with van der Waals surface area (Å²) in [7, 11) is 0. The van der Waals surface area contributed by atoms with E-state index in [2.05, 4.69) is 182 Å². The van der Waals surface area contributed by atoms with E-state index in [0.717, 1.165) is 73.0 Å². The maximum Gasteiger partial charge on any atom is 0.160 e. The lowest BCUT2D eigenvalue weighted by molar-refractivity contribution is 0.436. The van der Waals surface area contributed by atoms with Crippen LogP contribution < -0.4 is 4.74 Å². The van der Waals surface area contributed by atoms with Crippen LogP contribution in [0.5, 0.6) is 11.5 Å². The lowest BCUT2D eigenvalue weighted by Gasteiger charge is -2.39. The van der Waals surface area contributed by atoms with Gasteiger partial charge in [0.05, 0.1) is 16.8 Å². The van der Waals surface area contributed by atoms with Crippen molar-refractivity contribution in [3.63, 3.8) is 0 Å². The van der Waals surface area contributed by atoms with E-state index in [4.69, 9.17) is 14.7 Å². The number of nitrogens with zero attached hydrogens (tertiary/aromatic N) is 2. The van der Waals surface area contributed by atoms with Crippen molar-refractivity contribution in [3.8, 4) is 78.8 Å². The van der Waals surface area contributed by atoms with Crippen molar-refractivity contribution in [2.45, 2.75) is 5.41 Å². The molecule has 8 aromatic carbocycles. The van der Waals surface area contributed by atoms with Gasteiger partial charge in [0.25, 0.3) is 0 Å². The highest BCUT2D eigenvalue weighted by molar-refractivity contribution is 5.93. The van der Waals surface area contributed by atoms with E-state index in [9.17, 15) is 0 Å². The molecular weight excluding hydrogens is 681 g/mol. The first-order valence-corrected chi connectivity index (χ1v) is 19.1. The quantitative estimate of drug-likeness (QED) is 0.178. The summed E-state index contributed by atoms with van der Waals surface area (Å²) in [4.78, 5) is 10.3. The van der Waals surface area contributed by atoms with Crippen molar-refractivity contribution >= 4 is 0 Å². The van der Waals surface area contributed by atoms with Gasteiger partial charge in [0.15, 0.2) is 5.82 Å². The molecule has 0 unspecified atom stereocenters. The standard InChI is InChI=1S/C53H34N2O/c1-3-17-35(18-4-1)48-34-49(55-52(54-48)36-19-5-2-6-20-36)43-26-10-9-23-40(43)39-22-8-7-21-38(39)37-31-32-51-47(33-37)53(46-29-15-16-30-50(46)56-51)44-27-13-11-24-41(44)42-25-12-14-28-45(42)53/h1-34H. The fourth-order valence-corrected chi connectivity index (χ4v) is 8.99. The molecule has 1 aromatic heterocycles. The van der Waals surface area contributed by atoms with Gasteiger partial charge in [-0.3, -0.25) is 0 Å². The molecule has 0 amide bonds. The maximum absolute atomic E-state index is 6.76. The van der Waals surface area contributed by atoms with Gasteiger partial charge in [-0.2, -0.15) is 0 Å². The van der Waals surface area contributed by atoms with E-state index in [1.54, 1.807) is 0 Å². The molecular formula is C53H34N2O. The van der Waals surface area contributed by atoms with Gasteiger partial charge in [-0.05, 0) is 68.8 Å². The number of hydrogen-bond donors (Lipinski definition) is 0. The van der Waals surface area contributed by atoms with E-state index in [0.29, 0.717) is 5.82 Å². The first kappa shape index (κ1) is 32.1. The van der Waals surface area contributed by atoms with Gasteiger partial charge >= 0.3 is 0 Å². The minimum atomic E-state index is -0.539. The van der Waals surface area contributed by atoms with Crippen LogP contribution in [0, 0.1) is 0 Å². The molecule has 1 aliphatic heterocycles. The zero-order valence-corrected chi connectivity index (χ0v) is 30.4. The number of para-hydroxylation sites is 1. The van der Waals surface area contributed by atoms with Crippen LogP contribution in [-0.2, 0) is 5.41 Å². The highest BCUT2D eigenvalue weighted by atomic mass is 16.5. The number of rotatable bonds is 5. The van der Waals surface area contributed by atoms with E-state index in [1.165, 1.54) is 22.3 Å². The number of ether oxygens (including phenoxy) is 1. The predicted octanol–water partition coefficient (Wildman–Crippen LogP) is 13.3. The van der Waals surface area contributed by atoms with Crippen LogP contribution in [0.15, 0.2) is 206 Å². The summed E-state index contributed by atoms with van der Waals surface area (Å²) >= 11 is 0. The molecule has 9 aromatic rings. The second-order valence-corrected chi connectivity index (χ2v) is 14.4. The number of benzene rings is 8. The van der Waals surface area contributed by atoms with Crippen molar-refractivity contribution < 1.29 is 4.74 Å². The van der Waals surface area contributed by atoms with Crippen LogP contribution in [0.2, 0.25) is 0 Å². The topological polar surface area (TPSA) is 35.0 Å². The molecule has 56 heavy (non-hydrogen) atoms. The summed E-state index contributed by atoms with van der Waals surface area (Å²) in [6.45, 7) is 0. The monoisotopic (exact) mass is 714 g/mol. The Morgan fingerprint density at radius 1 is 0.304 bits per heavy atom. The molecule has 0 radical (unpaired) electrons. The molecule has 0 atom stereocenters. The Morgan fingerprint density at radius 2 is 0.786 bits per heavy atom. The molecule has 2 aliphatic rings. The van der Waals surface area contributed by atoms with Gasteiger partial charge in [-0.15, -0.1) is 0 Å². The van der Waals surface area contributed by atoms with Crippen molar-refractivity contribution in [2.75, 3.05) is 0 Å². The number of aromatic nitrogens is 2. The van der Waals surface area contributed by atoms with E-state index < -0.39 is 5.41 Å². The normalized spacial score (nSPS) is 12.9. The molecule has 1 aliphatic carbocycles. The minimum Gasteiger partial charge on any atom is -0.457 e. The third kappa shape index (κ3) is 4.91. The highest BCUT2D eigenvalue weighted by Gasteiger charge is 2.51. The fraction of sp³-hybridized carbons (Fsp3) is 0.0189. The first-order chi connectivity index (χ1) is 27.8. The fourth-order valence-electron chi connectivity index (χ4n) is 8.99. The average Bonchev–Trinajstić information content (AvgIpc) is 3.57. The van der Waals surface area contributed by atoms with E-state index >= 15 is 0 Å². The van der Waals surface area contributed by atoms with Crippen LogP contribution >= 0.6 is 0 Å². The van der Waals surface area contributed by atoms with Gasteiger partial charge in [0.1, 0.15) is 11.5 Å². The Balaban J connectivity index is 1.11. The largest absolute Gasteiger partial charge is 0.457 e. The second kappa shape index (κ2) is 12.9. The second-order valence-electron chi connectivity index (χ2n) is 14.4. The summed E-state index contributed by atoms with van der Waals surface area (Å²) in [5.41, 5.74) is 16.2. The van der Waals surface area contributed by atoms with Gasteiger partial charge < -0.3 is 4.74 Å². The first-order valence-electron chi connectivity index (χ1n) is 19.1. The lowest BCUT2D eigenvalue weighted by Crippen LogP contribution is -2.32. The van der Waals surface area contributed by atoms with E-state index in [1.807, 2.05) is 24.3 Å². The number of fused-ring (bicyclic) bond motifs is 9. The van der Waals surface area contributed by atoms with Gasteiger partial charge in [0, 0.05) is 27.8 Å². The lowest BCUT2D eigenvalue weighted by atomic mass is 9.65. The van der Waals surface area contributed by atoms with Gasteiger partial charge in [-0.25, -0.2) is 9.97 Å². The van der Waals surface area contributed by atoms with Crippen LogP contribution in [-0.4, -0.2) is 9.97 Å². The molecule has 0 saturated carbocycles. The van der Waals surface area contributed by atoms with Crippen LogP contribution in [0.1, 0.15) is 22.3 Å². The van der Waals surface area contributed by atoms with Crippen LogP contribution in [0.3, 0.4) is 0 Å². The third-order valence-corrected chi connectivity index (χ3v) is 11.4. The van der Waals surface area contributed by atoms with Crippen molar-refractivity contribution in [3.05, 3.63) is 229 Å². The molecule has 0 saturated heterocycles. The Bertz CT molecular complexity index is 2850. The Kier molecular flexibility index (Phi) is 7.39. The highest BCUT2D eigenvalue weighted by Crippen LogP contribution is 2.62. The predicted molar refractivity (Wildman–Crippen MR) is 227 cm³/mol. The van der Waals surface area contributed by atoms with Crippen LogP contribution in [0.25, 0.3) is 67.3 Å². The molecule has 11 rings (SSSR count). The average molecular weight is 715 g/mol. The van der Waals surface area contributed by atoms with Crippen molar-refractivity contribution in [2.24, 2.45) is 0 Å². The third-order valence-electron chi connectivity index (χ3n) is 11.4. The smallest absolute Gasteiger partial charge is 0.160 e. The molecule has 0 N–H and O–H groups in total. The number of hydrogen-bond acceptors (Lipinski definition) is 3. The molecule has 1 spiro atoms. The molecule has 0 fully saturated rings. The molecule has 262 valence electrons. The zero-order valence-electron chi connectivity index (χ0n) is 30.4. The molecule has 3 heteroatoms. The molecule has 2 heterocycles. The summed E-state index contributed by atoms with van der Waals surface area (Å²) in [6, 6.07) is 73.1. The van der Waals surface area contributed by atoms with Gasteiger partial charge in [-0.1, -0.05) is 182 Å². The van der Waals surface area contributed by atoms with Gasteiger partial charge in [0.2, 0.25) is 0 Å². The summed E-state index contributed by atoms with van der Waals surface area (Å²) in [6.07, 6.45) is 0. The Labute approximate surface area is 326 Å². The maximum atomic E-state index is 6.76. The SMILES string of the molecule is c1ccc(-c2cc(-c3ccccc3-c3ccccc3-c3ccc4c(c3)C3(c5ccccc5O4)c4ccccc4-c4ccccc43)nc(-c3ccccc3)n2)cc1. The summed E-state index contributed by atoms with van der Waals surface area (Å²) < 4.78 is 6.76. The molecule has 3 nitrogen and oxygen atoms in total. The zero-order chi connectivity index (χ0) is 37.1. The Morgan fingerprint density at radius 3 is 1.46 bits per heavy atom.